The number of hydrogen-bond acceptors (Lipinski definition) is 7. The zero-order valence-electron chi connectivity index (χ0n) is 12.9. The number of aliphatic imine (C=N–C) groups is 1. The Kier molecular flexibility index (Phi) is 4.02. The van der Waals surface area contributed by atoms with Crippen LogP contribution in [0.25, 0.3) is 5.57 Å². The number of nitrogens with zero attached hydrogens (tertiary/aromatic N) is 5. The summed E-state index contributed by atoms with van der Waals surface area (Å²) in [4.78, 5) is 9.03. The Balaban J connectivity index is 1.88. The van der Waals surface area contributed by atoms with Gasteiger partial charge in [0.15, 0.2) is 10.8 Å². The van der Waals surface area contributed by atoms with Crippen LogP contribution in [0.15, 0.2) is 40.5 Å². The molecule has 0 fully saturated rings. The van der Waals surface area contributed by atoms with Crippen molar-refractivity contribution in [2.24, 2.45) is 4.99 Å². The van der Waals surface area contributed by atoms with Gasteiger partial charge in [-0.1, -0.05) is 17.7 Å². The van der Waals surface area contributed by atoms with E-state index in [1.165, 1.54) is 23.5 Å². The maximum atomic E-state index is 13.5. The standard InChI is InChI=1S/C15H11ClFN7S/c1-7-11(13-21-23-24-22-13)12(9-3-2-8(17)6-10(9)16)20-14(19-7)15-18-4-5-25-15/h2-6,12H,1H3,(H,19,20)(H,21,22,23,24). The van der Waals surface area contributed by atoms with Crippen molar-refractivity contribution in [2.75, 3.05) is 0 Å². The van der Waals surface area contributed by atoms with Crippen LogP contribution < -0.4 is 5.32 Å². The average Bonchev–Trinajstić information content (AvgIpc) is 3.28. The highest BCUT2D eigenvalue weighted by molar-refractivity contribution is 7.11. The third-order valence-electron chi connectivity index (χ3n) is 3.72. The van der Waals surface area contributed by atoms with E-state index in [-0.39, 0.29) is 5.02 Å². The first-order chi connectivity index (χ1) is 12.1. The average molecular weight is 376 g/mol. The van der Waals surface area contributed by atoms with E-state index in [2.05, 4.69) is 30.9 Å². The fourth-order valence-electron chi connectivity index (χ4n) is 2.64. The van der Waals surface area contributed by atoms with E-state index in [4.69, 9.17) is 16.6 Å². The predicted octanol–water partition coefficient (Wildman–Crippen LogP) is 2.97. The van der Waals surface area contributed by atoms with E-state index in [1.54, 1.807) is 12.3 Å². The first-order valence-electron chi connectivity index (χ1n) is 7.27. The van der Waals surface area contributed by atoms with Crippen molar-refractivity contribution >= 4 is 34.3 Å². The topological polar surface area (TPSA) is 91.7 Å². The summed E-state index contributed by atoms with van der Waals surface area (Å²) in [5.74, 6) is 0.607. The fourth-order valence-corrected chi connectivity index (χ4v) is 3.50. The van der Waals surface area contributed by atoms with Gasteiger partial charge in [-0.25, -0.2) is 9.37 Å². The van der Waals surface area contributed by atoms with Crippen molar-refractivity contribution in [3.05, 3.63) is 62.7 Å². The molecule has 126 valence electrons. The Morgan fingerprint density at radius 1 is 1.32 bits per heavy atom. The summed E-state index contributed by atoms with van der Waals surface area (Å²) in [5.41, 5.74) is 2.16. The van der Waals surface area contributed by atoms with Gasteiger partial charge >= 0.3 is 0 Å². The molecule has 1 aliphatic heterocycles. The zero-order chi connectivity index (χ0) is 17.4. The lowest BCUT2D eigenvalue weighted by molar-refractivity contribution is 0.626. The SMILES string of the molecule is CC1=C(c2nn[nH]n2)C(c2ccc(F)cc2Cl)N=C(c2nccs2)N1. The van der Waals surface area contributed by atoms with Gasteiger partial charge in [0.25, 0.3) is 0 Å². The van der Waals surface area contributed by atoms with Crippen LogP contribution in [0.1, 0.15) is 29.4 Å². The quantitative estimate of drug-likeness (QED) is 0.734. The third-order valence-corrected chi connectivity index (χ3v) is 4.83. The second kappa shape index (κ2) is 6.34. The number of aromatic amines is 1. The molecular formula is C15H11ClFN7S. The fraction of sp³-hybridized carbons (Fsp3) is 0.133. The number of aromatic nitrogens is 5. The van der Waals surface area contributed by atoms with E-state index in [0.29, 0.717) is 22.8 Å². The summed E-state index contributed by atoms with van der Waals surface area (Å²) in [6.45, 7) is 1.89. The van der Waals surface area contributed by atoms with Crippen LogP contribution in [0.4, 0.5) is 4.39 Å². The summed E-state index contributed by atoms with van der Waals surface area (Å²) < 4.78 is 13.5. The van der Waals surface area contributed by atoms with Gasteiger partial charge in [0.2, 0.25) is 5.82 Å². The van der Waals surface area contributed by atoms with E-state index in [9.17, 15) is 4.39 Å². The highest BCUT2D eigenvalue weighted by Crippen LogP contribution is 2.39. The molecule has 0 spiro atoms. The molecule has 0 radical (unpaired) electrons. The molecule has 1 atom stereocenters. The van der Waals surface area contributed by atoms with Crippen LogP contribution in [-0.2, 0) is 0 Å². The number of rotatable bonds is 3. The maximum absolute atomic E-state index is 13.5. The second-order valence-corrected chi connectivity index (χ2v) is 6.58. The maximum Gasteiger partial charge on any atom is 0.204 e. The summed E-state index contributed by atoms with van der Waals surface area (Å²) in [5, 5.41) is 20.3. The Bertz CT molecular complexity index is 966. The molecule has 0 saturated heterocycles. The van der Waals surface area contributed by atoms with E-state index < -0.39 is 11.9 Å². The number of allylic oxidation sites excluding steroid dienone is 1. The van der Waals surface area contributed by atoms with E-state index >= 15 is 0 Å². The molecule has 0 saturated carbocycles. The minimum atomic E-state index is -0.508. The lowest BCUT2D eigenvalue weighted by Gasteiger charge is -2.25. The highest BCUT2D eigenvalue weighted by Gasteiger charge is 2.30. The minimum absolute atomic E-state index is 0.280. The molecule has 3 aromatic rings. The number of hydrogen-bond donors (Lipinski definition) is 2. The van der Waals surface area contributed by atoms with Crippen molar-refractivity contribution in [1.82, 2.24) is 30.9 Å². The molecule has 3 heterocycles. The summed E-state index contributed by atoms with van der Waals surface area (Å²) in [6.07, 6.45) is 1.71. The van der Waals surface area contributed by atoms with Gasteiger partial charge in [0.05, 0.1) is 0 Å². The van der Waals surface area contributed by atoms with Crippen molar-refractivity contribution in [1.29, 1.82) is 0 Å². The molecule has 2 aromatic heterocycles. The van der Waals surface area contributed by atoms with Crippen molar-refractivity contribution in [2.45, 2.75) is 13.0 Å². The number of benzene rings is 1. The zero-order valence-corrected chi connectivity index (χ0v) is 14.4. The molecule has 7 nitrogen and oxygen atoms in total. The highest BCUT2D eigenvalue weighted by atomic mass is 35.5. The molecule has 25 heavy (non-hydrogen) atoms. The van der Waals surface area contributed by atoms with Crippen LogP contribution in [0.5, 0.6) is 0 Å². The Morgan fingerprint density at radius 2 is 2.20 bits per heavy atom. The molecule has 4 rings (SSSR count). The van der Waals surface area contributed by atoms with Crippen LogP contribution in [0.2, 0.25) is 5.02 Å². The smallest absolute Gasteiger partial charge is 0.204 e. The molecule has 1 unspecified atom stereocenters. The number of thiazole rings is 1. The minimum Gasteiger partial charge on any atom is -0.341 e. The molecule has 0 amide bonds. The normalized spacial score (nSPS) is 17.4. The van der Waals surface area contributed by atoms with Crippen LogP contribution in [0.3, 0.4) is 0 Å². The van der Waals surface area contributed by atoms with E-state index in [0.717, 1.165) is 10.7 Å². The van der Waals surface area contributed by atoms with Crippen molar-refractivity contribution in [3.63, 3.8) is 0 Å². The van der Waals surface area contributed by atoms with Gasteiger partial charge in [-0.15, -0.1) is 21.5 Å². The predicted molar refractivity (Wildman–Crippen MR) is 92.7 cm³/mol. The van der Waals surface area contributed by atoms with Gasteiger partial charge < -0.3 is 5.32 Å². The lowest BCUT2D eigenvalue weighted by Crippen LogP contribution is -2.29. The molecule has 0 bridgehead atoms. The number of tetrazole rings is 1. The molecule has 1 aliphatic rings. The molecule has 10 heteroatoms. The van der Waals surface area contributed by atoms with Crippen molar-refractivity contribution in [3.8, 4) is 0 Å². The van der Waals surface area contributed by atoms with Gasteiger partial charge in [-0.3, -0.25) is 4.99 Å². The molecular weight excluding hydrogens is 365 g/mol. The van der Waals surface area contributed by atoms with Crippen LogP contribution in [-0.4, -0.2) is 31.4 Å². The summed E-state index contributed by atoms with van der Waals surface area (Å²) >= 11 is 7.74. The van der Waals surface area contributed by atoms with Gasteiger partial charge in [-0.05, 0) is 24.3 Å². The van der Waals surface area contributed by atoms with Gasteiger partial charge in [-0.2, -0.15) is 5.21 Å². The van der Waals surface area contributed by atoms with Crippen molar-refractivity contribution < 1.29 is 4.39 Å². The molecule has 2 N–H and O–H groups in total. The largest absolute Gasteiger partial charge is 0.341 e. The first-order valence-corrected chi connectivity index (χ1v) is 8.53. The van der Waals surface area contributed by atoms with Gasteiger partial charge in [0.1, 0.15) is 11.9 Å². The summed E-state index contributed by atoms with van der Waals surface area (Å²) in [6, 6.07) is 3.72. The molecule has 1 aromatic carbocycles. The number of nitrogens with one attached hydrogen (secondary N) is 2. The lowest BCUT2D eigenvalue weighted by atomic mass is 9.95. The van der Waals surface area contributed by atoms with Gasteiger partial charge in [0, 0.05) is 33.4 Å². The van der Waals surface area contributed by atoms with Crippen LogP contribution >= 0.6 is 22.9 Å². The Labute approximate surface area is 150 Å². The summed E-state index contributed by atoms with van der Waals surface area (Å²) in [7, 11) is 0. The third kappa shape index (κ3) is 2.92. The Morgan fingerprint density at radius 3 is 2.88 bits per heavy atom. The molecule has 0 aliphatic carbocycles. The second-order valence-electron chi connectivity index (χ2n) is 5.28. The number of amidine groups is 1. The number of halogens is 2. The van der Waals surface area contributed by atoms with Crippen LogP contribution in [0, 0.1) is 5.82 Å². The monoisotopic (exact) mass is 375 g/mol. The van der Waals surface area contributed by atoms with E-state index in [1.807, 2.05) is 12.3 Å². The Hall–Kier alpha value is -2.65. The number of H-pyrrole nitrogens is 1. The first kappa shape index (κ1) is 15.9.